The summed E-state index contributed by atoms with van der Waals surface area (Å²) in [6.45, 7) is 9.38. The fraction of sp³-hybridized carbons (Fsp3) is 0.700. The predicted molar refractivity (Wildman–Crippen MR) is 55.6 cm³/mol. The summed E-state index contributed by atoms with van der Waals surface area (Å²) in [5.41, 5.74) is 0. The van der Waals surface area contributed by atoms with Crippen LogP contribution < -0.4 is 10.6 Å². The van der Waals surface area contributed by atoms with Gasteiger partial charge in [0.25, 0.3) is 0 Å². The summed E-state index contributed by atoms with van der Waals surface area (Å²) >= 11 is 0. The molecule has 0 aliphatic heterocycles. The predicted octanol–water partition coefficient (Wildman–Crippen LogP) is 1.07. The number of rotatable bonds is 7. The van der Waals surface area contributed by atoms with Gasteiger partial charge in [0.1, 0.15) is 0 Å². The van der Waals surface area contributed by atoms with Crippen molar-refractivity contribution >= 4 is 5.91 Å². The third-order valence-electron chi connectivity index (χ3n) is 1.64. The van der Waals surface area contributed by atoms with Crippen molar-refractivity contribution in [1.82, 2.24) is 10.6 Å². The Balaban J connectivity index is 3.08. The monoisotopic (exact) mass is 184 g/mol. The second-order valence-corrected chi connectivity index (χ2v) is 3.31. The van der Waals surface area contributed by atoms with Crippen LogP contribution in [-0.4, -0.2) is 25.0 Å². The van der Waals surface area contributed by atoms with Crippen LogP contribution in [0, 0.1) is 0 Å². The number of carbonyl (C=O) groups is 1. The number of unbranched alkanes of at least 4 members (excludes halogenated alkanes) is 1. The Labute approximate surface area is 80.6 Å². The average molecular weight is 184 g/mol. The van der Waals surface area contributed by atoms with Crippen LogP contribution in [0.4, 0.5) is 0 Å². The molecular weight excluding hydrogens is 164 g/mol. The summed E-state index contributed by atoms with van der Waals surface area (Å²) in [5, 5.41) is 6.05. The summed E-state index contributed by atoms with van der Waals surface area (Å²) in [6, 6.07) is 0.544. The maximum absolute atomic E-state index is 10.7. The maximum atomic E-state index is 10.7. The number of hydrogen-bond acceptors (Lipinski definition) is 2. The van der Waals surface area contributed by atoms with E-state index in [1.807, 2.05) is 0 Å². The van der Waals surface area contributed by atoms with Crippen molar-refractivity contribution in [3.8, 4) is 0 Å². The van der Waals surface area contributed by atoms with E-state index in [0.29, 0.717) is 6.04 Å². The minimum absolute atomic E-state index is 0.0863. The van der Waals surface area contributed by atoms with Crippen LogP contribution in [0.5, 0.6) is 0 Å². The zero-order valence-corrected chi connectivity index (χ0v) is 8.60. The summed E-state index contributed by atoms with van der Waals surface area (Å²) in [5.74, 6) is -0.0863. The van der Waals surface area contributed by atoms with Crippen LogP contribution in [0.3, 0.4) is 0 Å². The Hall–Kier alpha value is -0.830. The van der Waals surface area contributed by atoms with E-state index in [9.17, 15) is 4.79 Å². The van der Waals surface area contributed by atoms with E-state index in [-0.39, 0.29) is 5.91 Å². The smallest absolute Gasteiger partial charge is 0.243 e. The summed E-state index contributed by atoms with van der Waals surface area (Å²) in [4.78, 5) is 10.7. The van der Waals surface area contributed by atoms with Crippen molar-refractivity contribution in [3.05, 3.63) is 12.7 Å². The van der Waals surface area contributed by atoms with Crippen molar-refractivity contribution in [3.63, 3.8) is 0 Å². The molecule has 0 radical (unpaired) electrons. The molecule has 0 bridgehead atoms. The number of amides is 1. The minimum Gasteiger partial charge on any atom is -0.353 e. The lowest BCUT2D eigenvalue weighted by Gasteiger charge is -2.07. The highest BCUT2D eigenvalue weighted by Gasteiger charge is 1.94. The molecule has 0 atom stereocenters. The third-order valence-corrected chi connectivity index (χ3v) is 1.64. The molecule has 0 aromatic rings. The lowest BCUT2D eigenvalue weighted by atomic mass is 10.3. The van der Waals surface area contributed by atoms with Gasteiger partial charge in [0.15, 0.2) is 0 Å². The summed E-state index contributed by atoms with van der Waals surface area (Å²) in [7, 11) is 0. The Morgan fingerprint density at radius 3 is 2.54 bits per heavy atom. The number of carbonyl (C=O) groups excluding carboxylic acids is 1. The van der Waals surface area contributed by atoms with Gasteiger partial charge in [-0.25, -0.2) is 0 Å². The highest BCUT2D eigenvalue weighted by Crippen LogP contribution is 1.86. The van der Waals surface area contributed by atoms with Gasteiger partial charge in [-0.2, -0.15) is 0 Å². The molecule has 0 aliphatic carbocycles. The molecule has 0 aromatic carbocycles. The molecule has 0 rings (SSSR count). The standard InChI is InChI=1S/C10H20N2O/c1-4-10(13)12-8-6-5-7-11-9(2)3/h4,9,11H,1,5-8H2,2-3H3,(H,12,13). The molecule has 0 heterocycles. The van der Waals surface area contributed by atoms with Gasteiger partial charge >= 0.3 is 0 Å². The van der Waals surface area contributed by atoms with E-state index in [2.05, 4.69) is 31.1 Å². The second-order valence-electron chi connectivity index (χ2n) is 3.31. The molecular formula is C10H20N2O. The SMILES string of the molecule is C=CC(=O)NCCCCNC(C)C. The van der Waals surface area contributed by atoms with E-state index in [1.54, 1.807) is 0 Å². The van der Waals surface area contributed by atoms with Gasteiger partial charge in [-0.15, -0.1) is 0 Å². The third kappa shape index (κ3) is 9.08. The van der Waals surface area contributed by atoms with Crippen molar-refractivity contribution < 1.29 is 4.79 Å². The van der Waals surface area contributed by atoms with Crippen LogP contribution in [-0.2, 0) is 4.79 Å². The molecule has 0 aromatic heterocycles. The lowest BCUT2D eigenvalue weighted by molar-refractivity contribution is -0.116. The number of nitrogens with one attached hydrogen (secondary N) is 2. The van der Waals surface area contributed by atoms with E-state index in [4.69, 9.17) is 0 Å². The molecule has 1 amide bonds. The summed E-state index contributed by atoms with van der Waals surface area (Å²) in [6.07, 6.45) is 3.40. The van der Waals surface area contributed by atoms with E-state index < -0.39 is 0 Å². The van der Waals surface area contributed by atoms with Crippen LogP contribution in [0.1, 0.15) is 26.7 Å². The van der Waals surface area contributed by atoms with Gasteiger partial charge in [-0.05, 0) is 25.5 Å². The first-order valence-corrected chi connectivity index (χ1v) is 4.80. The maximum Gasteiger partial charge on any atom is 0.243 e. The zero-order chi connectivity index (χ0) is 10.1. The molecule has 0 saturated carbocycles. The first-order valence-electron chi connectivity index (χ1n) is 4.80. The minimum atomic E-state index is -0.0863. The second kappa shape index (κ2) is 7.80. The van der Waals surface area contributed by atoms with Crippen molar-refractivity contribution in [2.45, 2.75) is 32.7 Å². The first-order chi connectivity index (χ1) is 6.16. The Morgan fingerprint density at radius 2 is 2.00 bits per heavy atom. The van der Waals surface area contributed by atoms with E-state index in [0.717, 1.165) is 25.9 Å². The van der Waals surface area contributed by atoms with Gasteiger partial charge in [-0.1, -0.05) is 20.4 Å². The fourth-order valence-corrected chi connectivity index (χ4v) is 0.924. The molecule has 3 nitrogen and oxygen atoms in total. The highest BCUT2D eigenvalue weighted by atomic mass is 16.1. The van der Waals surface area contributed by atoms with Crippen molar-refractivity contribution in [1.29, 1.82) is 0 Å². The highest BCUT2D eigenvalue weighted by molar-refractivity contribution is 5.86. The largest absolute Gasteiger partial charge is 0.353 e. The first kappa shape index (κ1) is 12.2. The molecule has 0 fully saturated rings. The Kier molecular flexibility index (Phi) is 7.30. The van der Waals surface area contributed by atoms with Gasteiger partial charge in [0, 0.05) is 12.6 Å². The van der Waals surface area contributed by atoms with Crippen LogP contribution in [0.2, 0.25) is 0 Å². The molecule has 0 aliphatic rings. The lowest BCUT2D eigenvalue weighted by Crippen LogP contribution is -2.26. The van der Waals surface area contributed by atoms with Gasteiger partial charge in [-0.3, -0.25) is 4.79 Å². The molecule has 0 spiro atoms. The van der Waals surface area contributed by atoms with Crippen molar-refractivity contribution in [2.75, 3.05) is 13.1 Å². The summed E-state index contributed by atoms with van der Waals surface area (Å²) < 4.78 is 0. The van der Waals surface area contributed by atoms with Crippen molar-refractivity contribution in [2.24, 2.45) is 0 Å². The van der Waals surface area contributed by atoms with Gasteiger partial charge < -0.3 is 10.6 Å². The Morgan fingerprint density at radius 1 is 1.38 bits per heavy atom. The molecule has 3 heteroatoms. The zero-order valence-electron chi connectivity index (χ0n) is 8.60. The van der Waals surface area contributed by atoms with Crippen LogP contribution in [0.25, 0.3) is 0 Å². The molecule has 2 N–H and O–H groups in total. The Bertz CT molecular complexity index is 155. The van der Waals surface area contributed by atoms with Crippen LogP contribution >= 0.6 is 0 Å². The van der Waals surface area contributed by atoms with E-state index >= 15 is 0 Å². The molecule has 13 heavy (non-hydrogen) atoms. The van der Waals surface area contributed by atoms with Gasteiger partial charge in [0.05, 0.1) is 0 Å². The molecule has 76 valence electrons. The van der Waals surface area contributed by atoms with Gasteiger partial charge in [0.2, 0.25) is 5.91 Å². The normalized spacial score (nSPS) is 10.1. The molecule has 0 saturated heterocycles. The molecule has 0 unspecified atom stereocenters. The fourth-order valence-electron chi connectivity index (χ4n) is 0.924. The average Bonchev–Trinajstić information content (AvgIpc) is 2.10. The van der Waals surface area contributed by atoms with E-state index in [1.165, 1.54) is 6.08 Å². The van der Waals surface area contributed by atoms with Crippen LogP contribution in [0.15, 0.2) is 12.7 Å². The topological polar surface area (TPSA) is 41.1 Å². The number of hydrogen-bond donors (Lipinski definition) is 2. The quantitative estimate of drug-likeness (QED) is 0.459.